The number of benzene rings is 1. The number of ether oxygens (including phenoxy) is 1. The minimum absolute atomic E-state index is 0.256. The van der Waals surface area contributed by atoms with Gasteiger partial charge in [-0.3, -0.25) is 4.68 Å². The lowest BCUT2D eigenvalue weighted by Gasteiger charge is -2.11. The van der Waals surface area contributed by atoms with Crippen molar-refractivity contribution < 1.29 is 4.74 Å². The fourth-order valence-electron chi connectivity index (χ4n) is 2.61. The molecule has 106 valence electrons. The number of aryl methyl sites for hydroxylation is 2. The molecule has 0 radical (unpaired) electrons. The van der Waals surface area contributed by atoms with Crippen LogP contribution in [0.15, 0.2) is 30.6 Å². The molecule has 1 aliphatic rings. The monoisotopic (exact) mass is 271 g/mol. The Hall–Kier alpha value is -1.81. The van der Waals surface area contributed by atoms with Crippen LogP contribution in [0.3, 0.4) is 0 Å². The molecule has 0 amide bonds. The summed E-state index contributed by atoms with van der Waals surface area (Å²) in [5, 5.41) is 7.72. The third-order valence-electron chi connectivity index (χ3n) is 3.61. The van der Waals surface area contributed by atoms with Crippen molar-refractivity contribution in [3.05, 3.63) is 47.3 Å². The zero-order valence-corrected chi connectivity index (χ0v) is 12.1. The number of aromatic nitrogens is 2. The first-order valence-electron chi connectivity index (χ1n) is 7.16. The van der Waals surface area contributed by atoms with Gasteiger partial charge in [-0.05, 0) is 31.0 Å². The van der Waals surface area contributed by atoms with E-state index in [0.717, 1.165) is 31.8 Å². The Morgan fingerprint density at radius 2 is 2.25 bits per heavy atom. The summed E-state index contributed by atoms with van der Waals surface area (Å²) in [5.74, 6) is 1.05. The fourth-order valence-corrected chi connectivity index (χ4v) is 2.61. The quantitative estimate of drug-likeness (QED) is 0.846. The van der Waals surface area contributed by atoms with Gasteiger partial charge in [-0.15, -0.1) is 0 Å². The van der Waals surface area contributed by atoms with Gasteiger partial charge in [0.05, 0.1) is 12.7 Å². The Morgan fingerprint density at radius 1 is 1.35 bits per heavy atom. The topological polar surface area (TPSA) is 39.1 Å². The molecule has 0 fully saturated rings. The van der Waals surface area contributed by atoms with Gasteiger partial charge in [0.15, 0.2) is 0 Å². The van der Waals surface area contributed by atoms with Crippen LogP contribution in [0.4, 0.5) is 0 Å². The van der Waals surface area contributed by atoms with Crippen LogP contribution in [0.25, 0.3) is 0 Å². The maximum atomic E-state index is 5.93. The third kappa shape index (κ3) is 3.02. The molecule has 0 saturated carbocycles. The normalized spacial score (nSPS) is 17.0. The van der Waals surface area contributed by atoms with Crippen molar-refractivity contribution in [2.75, 3.05) is 13.1 Å². The van der Waals surface area contributed by atoms with Crippen LogP contribution in [0.1, 0.15) is 16.7 Å². The third-order valence-corrected chi connectivity index (χ3v) is 3.61. The van der Waals surface area contributed by atoms with Crippen molar-refractivity contribution in [1.29, 1.82) is 0 Å². The largest absolute Gasteiger partial charge is 0.488 e. The molecule has 4 nitrogen and oxygen atoms in total. The molecule has 3 rings (SSSR count). The maximum absolute atomic E-state index is 5.93. The van der Waals surface area contributed by atoms with Gasteiger partial charge in [0.1, 0.15) is 11.9 Å². The highest BCUT2D eigenvalue weighted by molar-refractivity contribution is 5.40. The summed E-state index contributed by atoms with van der Waals surface area (Å²) in [6, 6.07) is 6.41. The summed E-state index contributed by atoms with van der Waals surface area (Å²) >= 11 is 0. The van der Waals surface area contributed by atoms with Crippen molar-refractivity contribution in [2.45, 2.75) is 32.9 Å². The SMILES string of the molecule is Cc1ccc2c(c1)CC(CNCCn1cc(C)cn1)O2. The van der Waals surface area contributed by atoms with Crippen molar-refractivity contribution in [2.24, 2.45) is 0 Å². The van der Waals surface area contributed by atoms with Gasteiger partial charge in [-0.1, -0.05) is 17.7 Å². The first kappa shape index (κ1) is 13.2. The number of hydrogen-bond donors (Lipinski definition) is 1. The highest BCUT2D eigenvalue weighted by Gasteiger charge is 2.22. The Kier molecular flexibility index (Phi) is 3.74. The molecule has 0 bridgehead atoms. The second kappa shape index (κ2) is 5.67. The minimum Gasteiger partial charge on any atom is -0.488 e. The number of hydrogen-bond acceptors (Lipinski definition) is 3. The minimum atomic E-state index is 0.256. The van der Waals surface area contributed by atoms with Crippen LogP contribution < -0.4 is 10.1 Å². The second-order valence-electron chi connectivity index (χ2n) is 5.54. The molecular weight excluding hydrogens is 250 g/mol. The van der Waals surface area contributed by atoms with Gasteiger partial charge in [-0.2, -0.15) is 5.10 Å². The molecule has 0 aliphatic carbocycles. The lowest BCUT2D eigenvalue weighted by molar-refractivity contribution is 0.227. The van der Waals surface area contributed by atoms with E-state index in [1.54, 1.807) is 0 Å². The highest BCUT2D eigenvalue weighted by atomic mass is 16.5. The Morgan fingerprint density at radius 3 is 3.05 bits per heavy atom. The summed E-state index contributed by atoms with van der Waals surface area (Å²) in [6.45, 7) is 6.87. The number of fused-ring (bicyclic) bond motifs is 1. The number of nitrogens with zero attached hydrogens (tertiary/aromatic N) is 2. The molecule has 1 unspecified atom stereocenters. The molecule has 4 heteroatoms. The lowest BCUT2D eigenvalue weighted by Crippen LogP contribution is -2.32. The summed E-state index contributed by atoms with van der Waals surface area (Å²) in [4.78, 5) is 0. The zero-order chi connectivity index (χ0) is 13.9. The van der Waals surface area contributed by atoms with E-state index in [0.29, 0.717) is 0 Å². The number of rotatable bonds is 5. The van der Waals surface area contributed by atoms with E-state index in [1.165, 1.54) is 16.7 Å². The second-order valence-corrected chi connectivity index (χ2v) is 5.54. The summed E-state index contributed by atoms with van der Waals surface area (Å²) < 4.78 is 7.90. The van der Waals surface area contributed by atoms with Crippen LogP contribution in [0.5, 0.6) is 5.75 Å². The Labute approximate surface area is 119 Å². The Balaban J connectivity index is 1.42. The van der Waals surface area contributed by atoms with E-state index in [2.05, 4.69) is 48.7 Å². The van der Waals surface area contributed by atoms with E-state index >= 15 is 0 Å². The van der Waals surface area contributed by atoms with E-state index < -0.39 is 0 Å². The van der Waals surface area contributed by atoms with Gasteiger partial charge in [0.25, 0.3) is 0 Å². The molecule has 20 heavy (non-hydrogen) atoms. The lowest BCUT2D eigenvalue weighted by atomic mass is 10.1. The van der Waals surface area contributed by atoms with Gasteiger partial charge < -0.3 is 10.1 Å². The molecule has 1 atom stereocenters. The molecule has 0 spiro atoms. The van der Waals surface area contributed by atoms with Gasteiger partial charge in [-0.25, -0.2) is 0 Å². The van der Waals surface area contributed by atoms with Gasteiger partial charge >= 0.3 is 0 Å². The maximum Gasteiger partial charge on any atom is 0.123 e. The van der Waals surface area contributed by atoms with E-state index in [9.17, 15) is 0 Å². The molecule has 2 heterocycles. The van der Waals surface area contributed by atoms with Crippen LogP contribution in [-0.2, 0) is 13.0 Å². The molecule has 0 saturated heterocycles. The predicted molar refractivity (Wildman–Crippen MR) is 79.1 cm³/mol. The molecular formula is C16H21N3O. The van der Waals surface area contributed by atoms with Crippen molar-refractivity contribution in [3.63, 3.8) is 0 Å². The summed E-state index contributed by atoms with van der Waals surface area (Å²) in [6.07, 6.45) is 5.21. The molecule has 1 N–H and O–H groups in total. The van der Waals surface area contributed by atoms with Crippen molar-refractivity contribution in [3.8, 4) is 5.75 Å². The zero-order valence-electron chi connectivity index (χ0n) is 12.1. The average molecular weight is 271 g/mol. The van der Waals surface area contributed by atoms with Crippen LogP contribution in [0.2, 0.25) is 0 Å². The molecule has 1 aliphatic heterocycles. The van der Waals surface area contributed by atoms with Crippen LogP contribution in [0, 0.1) is 13.8 Å². The molecule has 1 aromatic heterocycles. The average Bonchev–Trinajstić information content (AvgIpc) is 3.00. The summed E-state index contributed by atoms with van der Waals surface area (Å²) in [7, 11) is 0. The predicted octanol–water partition coefficient (Wildman–Crippen LogP) is 2.09. The van der Waals surface area contributed by atoms with E-state index in [-0.39, 0.29) is 6.10 Å². The summed E-state index contributed by atoms with van der Waals surface area (Å²) in [5.41, 5.74) is 3.84. The Bertz CT molecular complexity index is 591. The van der Waals surface area contributed by atoms with Crippen LogP contribution in [-0.4, -0.2) is 29.0 Å². The number of nitrogens with one attached hydrogen (secondary N) is 1. The molecule has 2 aromatic rings. The fraction of sp³-hybridized carbons (Fsp3) is 0.438. The first-order valence-corrected chi connectivity index (χ1v) is 7.16. The van der Waals surface area contributed by atoms with Gasteiger partial charge in [0.2, 0.25) is 0 Å². The van der Waals surface area contributed by atoms with Crippen LogP contribution >= 0.6 is 0 Å². The smallest absolute Gasteiger partial charge is 0.123 e. The highest BCUT2D eigenvalue weighted by Crippen LogP contribution is 2.29. The van der Waals surface area contributed by atoms with Gasteiger partial charge in [0, 0.05) is 25.7 Å². The van der Waals surface area contributed by atoms with Crippen molar-refractivity contribution in [1.82, 2.24) is 15.1 Å². The van der Waals surface area contributed by atoms with Crippen molar-refractivity contribution >= 4 is 0 Å². The molecule has 1 aromatic carbocycles. The van der Waals surface area contributed by atoms with E-state index in [1.807, 2.05) is 10.9 Å². The first-order chi connectivity index (χ1) is 9.70. The standard InChI is InChI=1S/C16H21N3O/c1-12-3-4-16-14(7-12)8-15(20-16)10-17-5-6-19-11-13(2)9-18-19/h3-4,7,9,11,15,17H,5-6,8,10H2,1-2H3. The van der Waals surface area contributed by atoms with E-state index in [4.69, 9.17) is 4.74 Å².